The van der Waals surface area contributed by atoms with Crippen molar-refractivity contribution in [3.05, 3.63) is 95.8 Å². The highest BCUT2D eigenvalue weighted by molar-refractivity contribution is 5.97. The van der Waals surface area contributed by atoms with Crippen molar-refractivity contribution in [2.24, 2.45) is 0 Å². The predicted molar refractivity (Wildman–Crippen MR) is 117 cm³/mol. The summed E-state index contributed by atoms with van der Waals surface area (Å²) in [5.74, 6) is 0.284. The first-order valence-electron chi connectivity index (χ1n) is 9.75. The van der Waals surface area contributed by atoms with E-state index in [-0.39, 0.29) is 17.9 Å². The molecule has 0 radical (unpaired) electrons. The van der Waals surface area contributed by atoms with Gasteiger partial charge in [-0.1, -0.05) is 48.5 Å². The number of aromatic amines is 1. The maximum Gasteiger partial charge on any atom is 0.251 e. The summed E-state index contributed by atoms with van der Waals surface area (Å²) < 4.78 is 0. The van der Waals surface area contributed by atoms with E-state index in [4.69, 9.17) is 0 Å². The fourth-order valence-corrected chi connectivity index (χ4v) is 3.39. The second-order valence-electron chi connectivity index (χ2n) is 7.12. The molecule has 0 saturated carbocycles. The van der Waals surface area contributed by atoms with Gasteiger partial charge in [-0.2, -0.15) is 0 Å². The highest BCUT2D eigenvalue weighted by Gasteiger charge is 2.20. The van der Waals surface area contributed by atoms with Crippen LogP contribution in [0.15, 0.2) is 78.9 Å². The number of benzene rings is 3. The van der Waals surface area contributed by atoms with Gasteiger partial charge in [-0.15, -0.1) is 0 Å². The lowest BCUT2D eigenvalue weighted by molar-refractivity contribution is -0.114. The third-order valence-electron chi connectivity index (χ3n) is 4.77. The smallest absolute Gasteiger partial charge is 0.251 e. The summed E-state index contributed by atoms with van der Waals surface area (Å²) in [7, 11) is 0. The van der Waals surface area contributed by atoms with E-state index in [2.05, 4.69) is 20.6 Å². The fraction of sp³-hybridized carbons (Fsp3) is 0.125. The molecule has 0 spiro atoms. The van der Waals surface area contributed by atoms with Crippen LogP contribution in [0.25, 0.3) is 11.0 Å². The van der Waals surface area contributed by atoms with Gasteiger partial charge in [0.05, 0.1) is 17.1 Å². The van der Waals surface area contributed by atoms with Gasteiger partial charge in [-0.3, -0.25) is 9.59 Å². The molecule has 6 heteroatoms. The lowest BCUT2D eigenvalue weighted by Crippen LogP contribution is -2.30. The van der Waals surface area contributed by atoms with Crippen LogP contribution in [-0.4, -0.2) is 21.8 Å². The SMILES string of the molecule is CC(=O)Nc1cccc(C(=O)N[C@@H](Cc2ccccc2)c2nc3ccccc3[nH]2)c1. The Balaban J connectivity index is 1.62. The molecule has 1 heterocycles. The van der Waals surface area contributed by atoms with Crippen LogP contribution in [-0.2, 0) is 11.2 Å². The normalized spacial score (nSPS) is 11.8. The third kappa shape index (κ3) is 4.55. The Labute approximate surface area is 174 Å². The van der Waals surface area contributed by atoms with Crippen molar-refractivity contribution in [3.8, 4) is 0 Å². The van der Waals surface area contributed by atoms with Gasteiger partial charge in [0.2, 0.25) is 5.91 Å². The number of nitrogens with one attached hydrogen (secondary N) is 3. The van der Waals surface area contributed by atoms with E-state index in [1.807, 2.05) is 54.6 Å². The number of imidazole rings is 1. The maximum atomic E-state index is 13.0. The van der Waals surface area contributed by atoms with Crippen molar-refractivity contribution in [2.75, 3.05) is 5.32 Å². The second kappa shape index (κ2) is 8.61. The topological polar surface area (TPSA) is 86.9 Å². The Hall–Kier alpha value is -3.93. The van der Waals surface area contributed by atoms with Gasteiger partial charge in [-0.25, -0.2) is 4.98 Å². The van der Waals surface area contributed by atoms with Crippen molar-refractivity contribution in [3.63, 3.8) is 0 Å². The van der Waals surface area contributed by atoms with Crippen LogP contribution in [0.2, 0.25) is 0 Å². The molecule has 0 saturated heterocycles. The Morgan fingerprint density at radius 1 is 0.967 bits per heavy atom. The van der Waals surface area contributed by atoms with Crippen LogP contribution in [0, 0.1) is 0 Å². The van der Waals surface area contributed by atoms with Gasteiger partial charge in [0.15, 0.2) is 0 Å². The summed E-state index contributed by atoms with van der Waals surface area (Å²) >= 11 is 0. The van der Waals surface area contributed by atoms with Crippen LogP contribution in [0.1, 0.15) is 34.7 Å². The van der Waals surface area contributed by atoms with Crippen molar-refractivity contribution < 1.29 is 9.59 Å². The molecule has 1 atom stereocenters. The molecule has 4 aromatic rings. The molecule has 0 unspecified atom stereocenters. The molecule has 2 amide bonds. The van der Waals surface area contributed by atoms with Crippen LogP contribution in [0.4, 0.5) is 5.69 Å². The molecule has 3 N–H and O–H groups in total. The summed E-state index contributed by atoms with van der Waals surface area (Å²) in [5.41, 5.74) is 3.92. The predicted octanol–water partition coefficient (Wildman–Crippen LogP) is 4.24. The number of anilines is 1. The second-order valence-corrected chi connectivity index (χ2v) is 7.12. The number of aromatic nitrogens is 2. The van der Waals surface area contributed by atoms with E-state index in [1.54, 1.807) is 24.3 Å². The zero-order valence-electron chi connectivity index (χ0n) is 16.6. The van der Waals surface area contributed by atoms with Crippen LogP contribution in [0.3, 0.4) is 0 Å². The number of carbonyl (C=O) groups excluding carboxylic acids is 2. The van der Waals surface area contributed by atoms with E-state index in [0.717, 1.165) is 16.6 Å². The molecule has 0 bridgehead atoms. The molecule has 0 aliphatic rings. The van der Waals surface area contributed by atoms with Crippen LogP contribution >= 0.6 is 0 Å². The zero-order valence-corrected chi connectivity index (χ0v) is 16.6. The first-order valence-corrected chi connectivity index (χ1v) is 9.75. The van der Waals surface area contributed by atoms with Crippen molar-refractivity contribution in [1.29, 1.82) is 0 Å². The zero-order chi connectivity index (χ0) is 20.9. The van der Waals surface area contributed by atoms with Gasteiger partial charge in [0.1, 0.15) is 5.82 Å². The highest BCUT2D eigenvalue weighted by atomic mass is 16.2. The van der Waals surface area contributed by atoms with Gasteiger partial charge >= 0.3 is 0 Å². The molecule has 0 fully saturated rings. The third-order valence-corrected chi connectivity index (χ3v) is 4.77. The first kappa shape index (κ1) is 19.4. The summed E-state index contributed by atoms with van der Waals surface area (Å²) in [6.07, 6.45) is 0.595. The quantitative estimate of drug-likeness (QED) is 0.454. The molecule has 150 valence electrons. The Kier molecular flexibility index (Phi) is 5.57. The van der Waals surface area contributed by atoms with Crippen molar-refractivity contribution >= 4 is 28.5 Å². The monoisotopic (exact) mass is 398 g/mol. The molecular formula is C24H22N4O2. The minimum atomic E-state index is -0.336. The van der Waals surface area contributed by atoms with E-state index >= 15 is 0 Å². The number of hydrogen-bond donors (Lipinski definition) is 3. The van der Waals surface area contributed by atoms with Crippen molar-refractivity contribution in [1.82, 2.24) is 15.3 Å². The van der Waals surface area contributed by atoms with E-state index in [0.29, 0.717) is 23.5 Å². The number of hydrogen-bond acceptors (Lipinski definition) is 3. The maximum absolute atomic E-state index is 13.0. The average molecular weight is 398 g/mol. The van der Waals surface area contributed by atoms with E-state index < -0.39 is 0 Å². The van der Waals surface area contributed by atoms with Gasteiger partial charge in [-0.05, 0) is 42.3 Å². The first-order chi connectivity index (χ1) is 14.6. The average Bonchev–Trinajstić information content (AvgIpc) is 3.18. The van der Waals surface area contributed by atoms with E-state index in [9.17, 15) is 9.59 Å². The number of H-pyrrole nitrogens is 1. The summed E-state index contributed by atoms with van der Waals surface area (Å²) in [4.78, 5) is 32.3. The highest BCUT2D eigenvalue weighted by Crippen LogP contribution is 2.21. The molecule has 30 heavy (non-hydrogen) atoms. The number of carbonyl (C=O) groups is 2. The van der Waals surface area contributed by atoms with Crippen LogP contribution < -0.4 is 10.6 Å². The molecule has 1 aromatic heterocycles. The standard InChI is InChI=1S/C24H22N4O2/c1-16(29)25-19-11-7-10-18(15-19)24(30)28-22(14-17-8-3-2-4-9-17)23-26-20-12-5-6-13-21(20)27-23/h2-13,15,22H,14H2,1H3,(H,25,29)(H,26,27)(H,28,30)/t22-/m0/s1. The molecule has 6 nitrogen and oxygen atoms in total. The van der Waals surface area contributed by atoms with Gasteiger partial charge in [0, 0.05) is 18.2 Å². The van der Waals surface area contributed by atoms with E-state index in [1.165, 1.54) is 6.92 Å². The van der Waals surface area contributed by atoms with Gasteiger partial charge in [0.25, 0.3) is 5.91 Å². The summed E-state index contributed by atoms with van der Waals surface area (Å²) in [6.45, 7) is 1.43. The summed E-state index contributed by atoms with van der Waals surface area (Å²) in [5, 5.41) is 5.80. The Morgan fingerprint density at radius 3 is 2.50 bits per heavy atom. The minimum absolute atomic E-state index is 0.184. The molecule has 0 aliphatic heterocycles. The largest absolute Gasteiger partial charge is 0.342 e. The molecule has 3 aromatic carbocycles. The number of nitrogens with zero attached hydrogens (tertiary/aromatic N) is 1. The Morgan fingerprint density at radius 2 is 1.73 bits per heavy atom. The minimum Gasteiger partial charge on any atom is -0.342 e. The lowest BCUT2D eigenvalue weighted by Gasteiger charge is -2.17. The number of amides is 2. The molecule has 0 aliphatic carbocycles. The summed E-state index contributed by atoms with van der Waals surface area (Å²) in [6, 6.07) is 24.3. The lowest BCUT2D eigenvalue weighted by atomic mass is 10.0. The fourth-order valence-electron chi connectivity index (χ4n) is 3.39. The van der Waals surface area contributed by atoms with Crippen molar-refractivity contribution in [2.45, 2.75) is 19.4 Å². The molecule has 4 rings (SSSR count). The molecular weight excluding hydrogens is 376 g/mol. The van der Waals surface area contributed by atoms with Crippen LogP contribution in [0.5, 0.6) is 0 Å². The number of rotatable bonds is 6. The van der Waals surface area contributed by atoms with Gasteiger partial charge < -0.3 is 15.6 Å². The number of para-hydroxylation sites is 2. The Bertz CT molecular complexity index is 1150. The number of fused-ring (bicyclic) bond motifs is 1.